The maximum Gasteiger partial charge on any atom is 0.341 e. The summed E-state index contributed by atoms with van der Waals surface area (Å²) in [6.45, 7) is 0.590. The highest BCUT2D eigenvalue weighted by Gasteiger charge is 2.32. The number of ether oxygens (including phenoxy) is 1. The van der Waals surface area contributed by atoms with Crippen molar-refractivity contribution in [2.75, 3.05) is 7.11 Å². The fourth-order valence-corrected chi connectivity index (χ4v) is 6.80. The first-order valence-corrected chi connectivity index (χ1v) is 13.4. The van der Waals surface area contributed by atoms with E-state index in [1.807, 2.05) is 12.1 Å². The van der Waals surface area contributed by atoms with Crippen LogP contribution in [0.25, 0.3) is 21.3 Å². The number of thiophene rings is 1. The van der Waals surface area contributed by atoms with Crippen molar-refractivity contribution in [1.82, 2.24) is 10.3 Å². The number of carbonyl (C=O) groups is 1. The molecule has 37 heavy (non-hydrogen) atoms. The van der Waals surface area contributed by atoms with E-state index in [0.717, 1.165) is 53.7 Å². The Morgan fingerprint density at radius 1 is 1.22 bits per heavy atom. The summed E-state index contributed by atoms with van der Waals surface area (Å²) in [5, 5.41) is 13.4. The van der Waals surface area contributed by atoms with Gasteiger partial charge in [-0.15, -0.1) is 11.3 Å². The van der Waals surface area contributed by atoms with E-state index in [2.05, 4.69) is 16.4 Å². The number of aromatic amines is 1. The maximum absolute atomic E-state index is 13.7. The van der Waals surface area contributed by atoms with Crippen molar-refractivity contribution < 1.29 is 19.0 Å². The molecule has 2 aliphatic rings. The summed E-state index contributed by atoms with van der Waals surface area (Å²) in [6, 6.07) is 11.0. The van der Waals surface area contributed by atoms with Gasteiger partial charge in [0.2, 0.25) is 5.43 Å². The van der Waals surface area contributed by atoms with E-state index in [4.69, 9.17) is 4.74 Å². The third kappa shape index (κ3) is 4.34. The highest BCUT2D eigenvalue weighted by molar-refractivity contribution is 7.15. The molecule has 0 saturated heterocycles. The second-order valence-corrected chi connectivity index (χ2v) is 11.0. The fraction of sp³-hybridized carbons (Fsp3) is 0.310. The van der Waals surface area contributed by atoms with Crippen LogP contribution in [0.4, 0.5) is 4.39 Å². The quantitative estimate of drug-likeness (QED) is 0.273. The summed E-state index contributed by atoms with van der Waals surface area (Å²) in [5.41, 5.74) is 3.95. The minimum Gasteiger partial charge on any atom is -0.494 e. The molecule has 0 bridgehead atoms. The summed E-state index contributed by atoms with van der Waals surface area (Å²) in [4.78, 5) is 30.0. The smallest absolute Gasteiger partial charge is 0.341 e. The standard InChI is InChI=1S/C29H27FN2O4S/c1-36-28-25(18(16-8-9-16)11-20-26(28)32-14-21(27(20)33)29(34)35)24-12-19-22(6-3-7-23(19)37-24)31-13-15-4-2-5-17(30)10-15/h2,4-5,10-12,14,16,22,31H,3,6-9,13H2,1H3,(H,32,33)(H,34,35). The zero-order valence-corrected chi connectivity index (χ0v) is 21.2. The average Bonchev–Trinajstić information content (AvgIpc) is 3.64. The number of methoxy groups -OCH3 is 1. The first kappa shape index (κ1) is 23.9. The summed E-state index contributed by atoms with van der Waals surface area (Å²) >= 11 is 1.76. The molecule has 0 amide bonds. The van der Waals surface area contributed by atoms with Crippen LogP contribution in [-0.4, -0.2) is 23.2 Å². The van der Waals surface area contributed by atoms with Gasteiger partial charge >= 0.3 is 5.97 Å². The van der Waals surface area contributed by atoms with Gasteiger partial charge in [0.05, 0.1) is 18.0 Å². The molecule has 2 aliphatic carbocycles. The molecule has 1 saturated carbocycles. The first-order chi connectivity index (χ1) is 17.9. The monoisotopic (exact) mass is 518 g/mol. The summed E-state index contributed by atoms with van der Waals surface area (Å²) in [7, 11) is 1.59. The molecule has 6 nitrogen and oxygen atoms in total. The number of fused-ring (bicyclic) bond motifs is 2. The lowest BCUT2D eigenvalue weighted by atomic mass is 9.91. The van der Waals surface area contributed by atoms with Gasteiger partial charge in [-0.1, -0.05) is 12.1 Å². The summed E-state index contributed by atoms with van der Waals surface area (Å²) < 4.78 is 19.6. The lowest BCUT2D eigenvalue weighted by molar-refractivity contribution is 0.0695. The van der Waals surface area contributed by atoms with Crippen molar-refractivity contribution in [3.63, 3.8) is 0 Å². The summed E-state index contributed by atoms with van der Waals surface area (Å²) in [5.74, 6) is -0.577. The lowest BCUT2D eigenvalue weighted by Gasteiger charge is -2.23. The number of carboxylic acids is 1. The molecule has 2 heterocycles. The van der Waals surface area contributed by atoms with Crippen LogP contribution in [0.1, 0.15) is 69.6 Å². The number of nitrogens with one attached hydrogen (secondary N) is 2. The van der Waals surface area contributed by atoms with Crippen LogP contribution < -0.4 is 15.5 Å². The number of rotatable bonds is 7. The molecule has 8 heteroatoms. The molecule has 1 atom stereocenters. The highest BCUT2D eigenvalue weighted by Crippen LogP contribution is 2.52. The van der Waals surface area contributed by atoms with Crippen LogP contribution >= 0.6 is 11.3 Å². The van der Waals surface area contributed by atoms with Crippen LogP contribution in [0.2, 0.25) is 0 Å². The Morgan fingerprint density at radius 3 is 2.78 bits per heavy atom. The minimum absolute atomic E-state index is 0.172. The molecular weight excluding hydrogens is 491 g/mol. The third-order valence-corrected chi connectivity index (χ3v) is 8.64. The van der Waals surface area contributed by atoms with Gasteiger partial charge in [0.15, 0.2) is 5.75 Å². The normalized spacial score (nSPS) is 17.1. The number of benzene rings is 2. The van der Waals surface area contributed by atoms with Crippen molar-refractivity contribution in [2.24, 2.45) is 0 Å². The van der Waals surface area contributed by atoms with E-state index in [1.54, 1.807) is 30.6 Å². The number of pyridine rings is 1. The minimum atomic E-state index is -1.25. The molecule has 6 rings (SSSR count). The van der Waals surface area contributed by atoms with Crippen molar-refractivity contribution in [2.45, 2.75) is 50.6 Å². The Kier molecular flexibility index (Phi) is 6.09. The van der Waals surface area contributed by atoms with E-state index in [0.29, 0.717) is 29.1 Å². The first-order valence-electron chi connectivity index (χ1n) is 12.5. The second kappa shape index (κ2) is 9.43. The maximum atomic E-state index is 13.7. The van der Waals surface area contributed by atoms with Crippen LogP contribution in [0, 0.1) is 5.82 Å². The number of halogens is 1. The van der Waals surface area contributed by atoms with E-state index >= 15 is 0 Å². The molecule has 190 valence electrons. The van der Waals surface area contributed by atoms with Gasteiger partial charge in [0.1, 0.15) is 11.4 Å². The van der Waals surface area contributed by atoms with E-state index < -0.39 is 11.4 Å². The zero-order valence-electron chi connectivity index (χ0n) is 20.4. The predicted molar refractivity (Wildman–Crippen MR) is 142 cm³/mol. The van der Waals surface area contributed by atoms with Gasteiger partial charge < -0.3 is 20.1 Å². The van der Waals surface area contributed by atoms with E-state index in [-0.39, 0.29) is 17.4 Å². The average molecular weight is 519 g/mol. The molecule has 4 aromatic rings. The molecule has 2 aromatic heterocycles. The topological polar surface area (TPSA) is 91.4 Å². The van der Waals surface area contributed by atoms with Crippen molar-refractivity contribution >= 4 is 28.2 Å². The van der Waals surface area contributed by atoms with Gasteiger partial charge in [0.25, 0.3) is 0 Å². The van der Waals surface area contributed by atoms with Gasteiger partial charge in [-0.25, -0.2) is 9.18 Å². The number of hydrogen-bond acceptors (Lipinski definition) is 5. The van der Waals surface area contributed by atoms with Crippen molar-refractivity contribution in [3.8, 4) is 16.2 Å². The van der Waals surface area contributed by atoms with Crippen molar-refractivity contribution in [1.29, 1.82) is 0 Å². The molecule has 2 aromatic carbocycles. The van der Waals surface area contributed by atoms with Crippen LogP contribution in [-0.2, 0) is 13.0 Å². The molecule has 1 unspecified atom stereocenters. The van der Waals surface area contributed by atoms with Gasteiger partial charge in [0, 0.05) is 34.1 Å². The second-order valence-electron chi connectivity index (χ2n) is 9.85. The number of aromatic nitrogens is 1. The third-order valence-electron chi connectivity index (χ3n) is 7.42. The molecule has 3 N–H and O–H groups in total. The van der Waals surface area contributed by atoms with Gasteiger partial charge in [-0.2, -0.15) is 0 Å². The molecule has 0 radical (unpaired) electrons. The van der Waals surface area contributed by atoms with E-state index in [1.165, 1.54) is 22.7 Å². The van der Waals surface area contributed by atoms with E-state index in [9.17, 15) is 19.1 Å². The molecule has 0 aliphatic heterocycles. The number of carboxylic acid groups (broad SMARTS) is 1. The highest BCUT2D eigenvalue weighted by atomic mass is 32.1. The Balaban J connectivity index is 1.44. The van der Waals surface area contributed by atoms with Crippen LogP contribution in [0.15, 0.2) is 47.4 Å². The largest absolute Gasteiger partial charge is 0.494 e. The van der Waals surface area contributed by atoms with Gasteiger partial charge in [-0.3, -0.25) is 4.79 Å². The Morgan fingerprint density at radius 2 is 2.05 bits per heavy atom. The van der Waals surface area contributed by atoms with Crippen molar-refractivity contribution in [3.05, 3.63) is 85.8 Å². The molecular formula is C29H27FN2O4S. The molecule has 1 fully saturated rings. The predicted octanol–water partition coefficient (Wildman–Crippen LogP) is 6.15. The number of aryl methyl sites for hydroxylation is 1. The van der Waals surface area contributed by atoms with Crippen LogP contribution in [0.5, 0.6) is 5.75 Å². The van der Waals surface area contributed by atoms with Crippen LogP contribution in [0.3, 0.4) is 0 Å². The zero-order chi connectivity index (χ0) is 25.7. The summed E-state index contributed by atoms with van der Waals surface area (Å²) in [6.07, 6.45) is 6.40. The number of hydrogen-bond donors (Lipinski definition) is 3. The SMILES string of the molecule is COc1c(-c2cc3c(s2)CCCC3NCc2cccc(F)c2)c(C2CC2)cc2c(=O)c(C(=O)O)c[nH]c12. The number of aromatic carboxylic acids is 1. The fourth-order valence-electron chi connectivity index (χ4n) is 5.47. The Labute approximate surface area is 217 Å². The Hall–Kier alpha value is -3.49. The number of H-pyrrole nitrogens is 1. The lowest BCUT2D eigenvalue weighted by Crippen LogP contribution is -2.23. The molecule has 0 spiro atoms. The Bertz CT molecular complexity index is 1590. The van der Waals surface area contributed by atoms with Gasteiger partial charge in [-0.05, 0) is 79.0 Å².